The summed E-state index contributed by atoms with van der Waals surface area (Å²) in [5, 5.41) is 0.867. The Morgan fingerprint density at radius 1 is 1.00 bits per heavy atom. The Bertz CT molecular complexity index is 1640. The number of rotatable bonds is 7. The van der Waals surface area contributed by atoms with Gasteiger partial charge in [-0.2, -0.15) is 13.2 Å². The molecule has 1 unspecified atom stereocenters. The van der Waals surface area contributed by atoms with Crippen molar-refractivity contribution in [2.75, 3.05) is 39.3 Å². The number of amides is 1. The molecule has 1 saturated heterocycles. The molecule has 0 bridgehead atoms. The number of nitrogens with one attached hydrogen (secondary N) is 1. The molecule has 2 aliphatic heterocycles. The van der Waals surface area contributed by atoms with E-state index in [4.69, 9.17) is 4.74 Å². The van der Waals surface area contributed by atoms with Gasteiger partial charge in [0.1, 0.15) is 17.1 Å². The van der Waals surface area contributed by atoms with E-state index in [1.807, 2.05) is 43.5 Å². The highest BCUT2D eigenvalue weighted by Gasteiger charge is 2.35. The van der Waals surface area contributed by atoms with Crippen molar-refractivity contribution in [3.8, 4) is 11.5 Å². The van der Waals surface area contributed by atoms with Crippen LogP contribution in [-0.4, -0.2) is 69.8 Å². The van der Waals surface area contributed by atoms with Crippen LogP contribution in [0.25, 0.3) is 11.0 Å². The number of hydrogen-bond donors (Lipinski definition) is 1. The van der Waals surface area contributed by atoms with Gasteiger partial charge >= 0.3 is 6.18 Å². The van der Waals surface area contributed by atoms with Crippen molar-refractivity contribution in [1.82, 2.24) is 24.7 Å². The smallest absolute Gasteiger partial charge is 0.416 e. The minimum absolute atomic E-state index is 0.0674. The molecule has 4 heterocycles. The molecule has 2 aliphatic rings. The third-order valence-corrected chi connectivity index (χ3v) is 9.09. The normalized spacial score (nSPS) is 19.7. The zero-order valence-corrected chi connectivity index (χ0v) is 25.3. The summed E-state index contributed by atoms with van der Waals surface area (Å²) in [4.78, 5) is 27.2. The van der Waals surface area contributed by atoms with E-state index in [1.165, 1.54) is 6.07 Å². The van der Waals surface area contributed by atoms with Crippen molar-refractivity contribution < 1.29 is 22.7 Å². The first-order valence-corrected chi connectivity index (χ1v) is 15.3. The van der Waals surface area contributed by atoms with Gasteiger partial charge in [-0.1, -0.05) is 32.0 Å². The molecule has 2 aromatic carbocycles. The SMILES string of the molecule is CCN1CCN(Cc2ccc(CC(=O)N3CC(C)c4ccc(Oc5ccnc6[nH]ccc56)cc4[C@@H]3C)cc2C(F)(F)F)CC1. The Morgan fingerprint density at radius 3 is 2.52 bits per heavy atom. The lowest BCUT2D eigenvalue weighted by atomic mass is 9.86. The van der Waals surface area contributed by atoms with Crippen molar-refractivity contribution in [2.24, 2.45) is 0 Å². The number of H-pyrrole nitrogens is 1. The number of halogens is 3. The summed E-state index contributed by atoms with van der Waals surface area (Å²) in [5.41, 5.74) is 2.82. The number of aromatic nitrogens is 2. The zero-order chi connectivity index (χ0) is 31.0. The number of carbonyl (C=O) groups excluding carboxylic acids is 1. The van der Waals surface area contributed by atoms with Gasteiger partial charge in [0.2, 0.25) is 5.91 Å². The molecule has 232 valence electrons. The lowest BCUT2D eigenvalue weighted by Crippen LogP contribution is -2.45. The number of pyridine rings is 1. The molecular weight excluding hydrogens is 567 g/mol. The standard InChI is InChI=1S/C34H38F3N5O2/c1-4-40-13-15-41(16-14-40)21-25-6-5-24(17-30(25)34(35,36)37)18-32(43)42-20-22(2)27-8-7-26(19-29(27)23(42)3)44-31-10-12-39-33-28(31)9-11-38-33/h5-12,17,19,22-23H,4,13-16,18,20-21H2,1-3H3,(H,38,39)/t22?,23-/m0/s1. The Hall–Kier alpha value is -3.89. The summed E-state index contributed by atoms with van der Waals surface area (Å²) in [5.74, 6) is 1.19. The molecule has 1 amide bonds. The van der Waals surface area contributed by atoms with Gasteiger partial charge < -0.3 is 19.5 Å². The van der Waals surface area contributed by atoms with E-state index < -0.39 is 11.7 Å². The first kappa shape index (κ1) is 30.1. The van der Waals surface area contributed by atoms with Crippen LogP contribution in [0, 0.1) is 0 Å². The van der Waals surface area contributed by atoms with Gasteiger partial charge in [-0.05, 0) is 72.0 Å². The molecule has 4 aromatic rings. The summed E-state index contributed by atoms with van der Waals surface area (Å²) in [6, 6.07) is 13.8. The molecule has 0 saturated carbocycles. The molecule has 0 radical (unpaired) electrons. The zero-order valence-electron chi connectivity index (χ0n) is 25.3. The number of aromatic amines is 1. The largest absolute Gasteiger partial charge is 0.457 e. The number of benzene rings is 2. The minimum atomic E-state index is -4.50. The first-order chi connectivity index (χ1) is 21.1. The average Bonchev–Trinajstić information content (AvgIpc) is 3.50. The molecule has 2 atom stereocenters. The fraction of sp³-hybridized carbons (Fsp3) is 0.412. The van der Waals surface area contributed by atoms with Crippen LogP contribution in [0.15, 0.2) is 60.9 Å². The van der Waals surface area contributed by atoms with Crippen molar-refractivity contribution >= 4 is 16.9 Å². The Kier molecular flexibility index (Phi) is 8.39. The van der Waals surface area contributed by atoms with E-state index in [0.717, 1.165) is 54.9 Å². The maximum absolute atomic E-state index is 14.2. The average molecular weight is 606 g/mol. The Labute approximate surface area is 255 Å². The lowest BCUT2D eigenvalue weighted by Gasteiger charge is -2.39. The molecule has 0 spiro atoms. The third-order valence-electron chi connectivity index (χ3n) is 9.09. The summed E-state index contributed by atoms with van der Waals surface area (Å²) in [6.07, 6.45) is -1.10. The molecule has 7 nitrogen and oxygen atoms in total. The van der Waals surface area contributed by atoms with E-state index in [2.05, 4.69) is 33.6 Å². The molecule has 10 heteroatoms. The summed E-state index contributed by atoms with van der Waals surface area (Å²) in [7, 11) is 0. The maximum atomic E-state index is 14.2. The third kappa shape index (κ3) is 6.19. The van der Waals surface area contributed by atoms with Gasteiger partial charge in [0.15, 0.2) is 0 Å². The molecular formula is C34H38F3N5O2. The van der Waals surface area contributed by atoms with Crippen LogP contribution < -0.4 is 4.74 Å². The van der Waals surface area contributed by atoms with Gasteiger partial charge in [0.05, 0.1) is 23.4 Å². The fourth-order valence-corrected chi connectivity index (χ4v) is 6.53. The number of ether oxygens (including phenoxy) is 1. The van der Waals surface area contributed by atoms with Gasteiger partial charge in [-0.25, -0.2) is 4.98 Å². The van der Waals surface area contributed by atoms with Crippen LogP contribution in [-0.2, 0) is 23.9 Å². The summed E-state index contributed by atoms with van der Waals surface area (Å²) >= 11 is 0. The highest BCUT2D eigenvalue weighted by molar-refractivity contribution is 5.82. The predicted octanol–water partition coefficient (Wildman–Crippen LogP) is 6.76. The second-order valence-electron chi connectivity index (χ2n) is 11.9. The van der Waals surface area contributed by atoms with Crippen LogP contribution in [0.1, 0.15) is 60.5 Å². The van der Waals surface area contributed by atoms with Crippen LogP contribution in [0.2, 0.25) is 0 Å². The first-order valence-electron chi connectivity index (χ1n) is 15.3. The van der Waals surface area contributed by atoms with Gasteiger partial charge in [0.25, 0.3) is 0 Å². The highest BCUT2D eigenvalue weighted by atomic mass is 19.4. The molecule has 44 heavy (non-hydrogen) atoms. The van der Waals surface area contributed by atoms with E-state index in [9.17, 15) is 18.0 Å². The summed E-state index contributed by atoms with van der Waals surface area (Å²) in [6.45, 7) is 11.0. The van der Waals surface area contributed by atoms with E-state index in [1.54, 1.807) is 23.2 Å². The van der Waals surface area contributed by atoms with Crippen molar-refractivity contribution in [3.05, 3.63) is 88.7 Å². The molecule has 0 aliphatic carbocycles. The number of nitrogens with zero attached hydrogens (tertiary/aromatic N) is 4. The topological polar surface area (TPSA) is 64.7 Å². The quantitative estimate of drug-likeness (QED) is 0.252. The number of fused-ring (bicyclic) bond motifs is 2. The van der Waals surface area contributed by atoms with Crippen molar-refractivity contribution in [1.29, 1.82) is 0 Å². The fourth-order valence-electron chi connectivity index (χ4n) is 6.53. The lowest BCUT2D eigenvalue weighted by molar-refractivity contribution is -0.139. The van der Waals surface area contributed by atoms with E-state index in [-0.39, 0.29) is 36.4 Å². The van der Waals surface area contributed by atoms with Crippen LogP contribution in [0.3, 0.4) is 0 Å². The van der Waals surface area contributed by atoms with Gasteiger partial charge in [-0.3, -0.25) is 9.69 Å². The van der Waals surface area contributed by atoms with Crippen LogP contribution in [0.5, 0.6) is 11.5 Å². The monoisotopic (exact) mass is 605 g/mol. The Morgan fingerprint density at radius 2 is 1.77 bits per heavy atom. The van der Waals surface area contributed by atoms with Crippen LogP contribution >= 0.6 is 0 Å². The van der Waals surface area contributed by atoms with Crippen LogP contribution in [0.4, 0.5) is 13.2 Å². The van der Waals surface area contributed by atoms with Crippen molar-refractivity contribution in [2.45, 2.75) is 51.9 Å². The van der Waals surface area contributed by atoms with Gasteiger partial charge in [-0.15, -0.1) is 0 Å². The number of likely N-dealkylation sites (N-methyl/N-ethyl adjacent to an activating group) is 1. The number of piperazine rings is 1. The molecule has 1 fully saturated rings. The predicted molar refractivity (Wildman–Crippen MR) is 164 cm³/mol. The Balaban J connectivity index is 1.19. The highest BCUT2D eigenvalue weighted by Crippen LogP contribution is 2.40. The maximum Gasteiger partial charge on any atom is 0.416 e. The molecule has 2 aromatic heterocycles. The summed E-state index contributed by atoms with van der Waals surface area (Å²) < 4.78 is 48.8. The van der Waals surface area contributed by atoms with E-state index >= 15 is 0 Å². The number of carbonyl (C=O) groups is 1. The van der Waals surface area contributed by atoms with Gasteiger partial charge in [0, 0.05) is 51.7 Å². The van der Waals surface area contributed by atoms with Crippen molar-refractivity contribution in [3.63, 3.8) is 0 Å². The number of hydrogen-bond acceptors (Lipinski definition) is 5. The molecule has 1 N–H and O–H groups in total. The van der Waals surface area contributed by atoms with E-state index in [0.29, 0.717) is 23.6 Å². The second kappa shape index (κ2) is 12.2. The number of alkyl halides is 3. The molecule has 6 rings (SSSR count). The minimum Gasteiger partial charge on any atom is -0.457 e. The second-order valence-corrected chi connectivity index (χ2v) is 11.9.